The van der Waals surface area contributed by atoms with Crippen molar-refractivity contribution in [2.75, 3.05) is 40.3 Å². The number of amides is 3. The van der Waals surface area contributed by atoms with E-state index in [9.17, 15) is 9.59 Å². The SMILES string of the molecule is CN(C)C(=O)NCCNC1CCN(C(=O)OC(C)(C)C)C1. The number of carbonyl (C=O) groups excluding carboxylic acids is 2. The third kappa shape index (κ3) is 6.66. The second-order valence-corrected chi connectivity index (χ2v) is 6.49. The number of carbonyl (C=O) groups is 2. The number of ether oxygens (including phenoxy) is 1. The van der Waals surface area contributed by atoms with Crippen LogP contribution in [0.3, 0.4) is 0 Å². The molecule has 1 aliphatic rings. The van der Waals surface area contributed by atoms with Gasteiger partial charge in [0.15, 0.2) is 0 Å². The van der Waals surface area contributed by atoms with Gasteiger partial charge in [0, 0.05) is 46.3 Å². The Hall–Kier alpha value is -1.50. The van der Waals surface area contributed by atoms with Crippen LogP contribution in [0.5, 0.6) is 0 Å². The van der Waals surface area contributed by atoms with Gasteiger partial charge in [-0.05, 0) is 27.2 Å². The van der Waals surface area contributed by atoms with E-state index in [0.29, 0.717) is 26.2 Å². The minimum atomic E-state index is -0.459. The molecule has 7 nitrogen and oxygen atoms in total. The predicted octanol–water partition coefficient (Wildman–Crippen LogP) is 0.857. The molecule has 0 bridgehead atoms. The van der Waals surface area contributed by atoms with Crippen LogP contribution in [-0.2, 0) is 4.74 Å². The fourth-order valence-corrected chi connectivity index (χ4v) is 2.02. The Morgan fingerprint density at radius 1 is 1.29 bits per heavy atom. The Morgan fingerprint density at radius 3 is 2.52 bits per heavy atom. The van der Waals surface area contributed by atoms with E-state index in [4.69, 9.17) is 4.74 Å². The molecule has 1 rings (SSSR count). The number of nitrogens with one attached hydrogen (secondary N) is 2. The normalized spacial score (nSPS) is 18.5. The Bertz CT molecular complexity index is 366. The highest BCUT2D eigenvalue weighted by Gasteiger charge is 2.29. The Kier molecular flexibility index (Phi) is 6.26. The van der Waals surface area contributed by atoms with Crippen LogP contribution in [0.4, 0.5) is 9.59 Å². The van der Waals surface area contributed by atoms with Gasteiger partial charge in [-0.25, -0.2) is 9.59 Å². The van der Waals surface area contributed by atoms with Crippen molar-refractivity contribution in [2.24, 2.45) is 0 Å². The van der Waals surface area contributed by atoms with Crippen LogP contribution in [-0.4, -0.2) is 73.8 Å². The summed E-state index contributed by atoms with van der Waals surface area (Å²) in [7, 11) is 3.41. The third-order valence-electron chi connectivity index (χ3n) is 3.08. The van der Waals surface area contributed by atoms with Gasteiger partial charge >= 0.3 is 12.1 Å². The lowest BCUT2D eigenvalue weighted by Gasteiger charge is -2.24. The molecule has 0 radical (unpaired) electrons. The average Bonchev–Trinajstić information content (AvgIpc) is 2.81. The fraction of sp³-hybridized carbons (Fsp3) is 0.857. The summed E-state index contributed by atoms with van der Waals surface area (Å²) >= 11 is 0. The lowest BCUT2D eigenvalue weighted by molar-refractivity contribution is 0.0291. The van der Waals surface area contributed by atoms with Gasteiger partial charge in [-0.1, -0.05) is 0 Å². The van der Waals surface area contributed by atoms with Crippen molar-refractivity contribution in [1.29, 1.82) is 0 Å². The van der Waals surface area contributed by atoms with Crippen LogP contribution in [0, 0.1) is 0 Å². The molecule has 3 amide bonds. The van der Waals surface area contributed by atoms with Gasteiger partial charge in [-0.3, -0.25) is 0 Å². The average molecular weight is 300 g/mol. The molecule has 1 atom stereocenters. The number of hydrogen-bond donors (Lipinski definition) is 2. The van der Waals surface area contributed by atoms with Crippen molar-refractivity contribution in [2.45, 2.75) is 38.8 Å². The number of nitrogens with zero attached hydrogens (tertiary/aromatic N) is 2. The zero-order chi connectivity index (χ0) is 16.0. The van der Waals surface area contributed by atoms with Crippen LogP contribution in [0.15, 0.2) is 0 Å². The molecular weight excluding hydrogens is 272 g/mol. The van der Waals surface area contributed by atoms with Crippen molar-refractivity contribution in [3.05, 3.63) is 0 Å². The predicted molar refractivity (Wildman–Crippen MR) is 81.3 cm³/mol. The summed E-state index contributed by atoms with van der Waals surface area (Å²) in [5.41, 5.74) is -0.459. The van der Waals surface area contributed by atoms with Gasteiger partial charge in [-0.2, -0.15) is 0 Å². The highest BCUT2D eigenvalue weighted by atomic mass is 16.6. The van der Waals surface area contributed by atoms with Crippen LogP contribution in [0.1, 0.15) is 27.2 Å². The van der Waals surface area contributed by atoms with Gasteiger partial charge in [0.05, 0.1) is 0 Å². The quantitative estimate of drug-likeness (QED) is 0.755. The first-order valence-electron chi connectivity index (χ1n) is 7.35. The zero-order valence-corrected chi connectivity index (χ0v) is 13.7. The van der Waals surface area contributed by atoms with Crippen molar-refractivity contribution in [1.82, 2.24) is 20.4 Å². The second kappa shape index (κ2) is 7.49. The van der Waals surface area contributed by atoms with E-state index < -0.39 is 5.60 Å². The largest absolute Gasteiger partial charge is 0.444 e. The standard InChI is InChI=1S/C14H28N4O3/c1-14(2,3)21-13(20)18-9-6-11(10-18)15-7-8-16-12(19)17(4)5/h11,15H,6-10H2,1-5H3,(H,16,19). The van der Waals surface area contributed by atoms with E-state index in [1.807, 2.05) is 20.8 Å². The van der Waals surface area contributed by atoms with Crippen LogP contribution >= 0.6 is 0 Å². The summed E-state index contributed by atoms with van der Waals surface area (Å²) in [4.78, 5) is 26.5. The first-order chi connectivity index (χ1) is 9.69. The van der Waals surface area contributed by atoms with Crippen molar-refractivity contribution < 1.29 is 14.3 Å². The minimum Gasteiger partial charge on any atom is -0.444 e. The molecule has 0 saturated carbocycles. The van der Waals surface area contributed by atoms with Gasteiger partial charge in [-0.15, -0.1) is 0 Å². The van der Waals surface area contributed by atoms with Crippen molar-refractivity contribution >= 4 is 12.1 Å². The van der Waals surface area contributed by atoms with Crippen LogP contribution in [0.25, 0.3) is 0 Å². The lowest BCUT2D eigenvalue weighted by atomic mass is 10.2. The van der Waals surface area contributed by atoms with Gasteiger partial charge in [0.25, 0.3) is 0 Å². The van der Waals surface area contributed by atoms with E-state index in [2.05, 4.69) is 10.6 Å². The summed E-state index contributed by atoms with van der Waals surface area (Å²) in [6, 6.07) is 0.160. The summed E-state index contributed by atoms with van der Waals surface area (Å²) in [5.74, 6) is 0. The molecule has 21 heavy (non-hydrogen) atoms. The zero-order valence-electron chi connectivity index (χ0n) is 13.7. The highest BCUT2D eigenvalue weighted by Crippen LogP contribution is 2.15. The summed E-state index contributed by atoms with van der Waals surface area (Å²) in [5, 5.41) is 6.13. The van der Waals surface area contributed by atoms with E-state index in [1.165, 1.54) is 4.90 Å². The molecule has 0 aromatic heterocycles. The number of rotatable bonds is 4. The van der Waals surface area contributed by atoms with E-state index in [-0.39, 0.29) is 18.2 Å². The maximum Gasteiger partial charge on any atom is 0.410 e. The Balaban J connectivity index is 2.20. The highest BCUT2D eigenvalue weighted by molar-refractivity contribution is 5.73. The molecule has 1 heterocycles. The molecule has 1 saturated heterocycles. The molecule has 1 unspecified atom stereocenters. The third-order valence-corrected chi connectivity index (χ3v) is 3.08. The molecule has 0 aromatic carbocycles. The minimum absolute atomic E-state index is 0.0985. The molecule has 0 aromatic rings. The molecule has 1 aliphatic heterocycles. The Morgan fingerprint density at radius 2 is 1.95 bits per heavy atom. The maximum atomic E-state index is 11.9. The molecule has 7 heteroatoms. The second-order valence-electron chi connectivity index (χ2n) is 6.49. The van der Waals surface area contributed by atoms with Gasteiger partial charge < -0.3 is 25.2 Å². The van der Waals surface area contributed by atoms with Gasteiger partial charge in [0.2, 0.25) is 0 Å². The first kappa shape index (κ1) is 17.6. The monoisotopic (exact) mass is 300 g/mol. The molecule has 1 fully saturated rings. The number of likely N-dealkylation sites (tertiary alicyclic amines) is 1. The number of hydrogen-bond acceptors (Lipinski definition) is 4. The molecule has 0 aliphatic carbocycles. The van der Waals surface area contributed by atoms with Crippen molar-refractivity contribution in [3.63, 3.8) is 0 Å². The van der Waals surface area contributed by atoms with Crippen LogP contribution < -0.4 is 10.6 Å². The fourth-order valence-electron chi connectivity index (χ4n) is 2.02. The van der Waals surface area contributed by atoms with E-state index in [0.717, 1.165) is 6.42 Å². The summed E-state index contributed by atoms with van der Waals surface area (Å²) in [6.45, 7) is 8.21. The molecule has 122 valence electrons. The van der Waals surface area contributed by atoms with Gasteiger partial charge in [0.1, 0.15) is 5.60 Å². The summed E-state index contributed by atoms with van der Waals surface area (Å²) < 4.78 is 5.35. The van der Waals surface area contributed by atoms with Crippen LogP contribution in [0.2, 0.25) is 0 Å². The molecular formula is C14H28N4O3. The first-order valence-corrected chi connectivity index (χ1v) is 7.35. The molecule has 2 N–H and O–H groups in total. The topological polar surface area (TPSA) is 73.9 Å². The van der Waals surface area contributed by atoms with E-state index in [1.54, 1.807) is 19.0 Å². The Labute approximate surface area is 127 Å². The number of urea groups is 1. The maximum absolute atomic E-state index is 11.9. The van der Waals surface area contributed by atoms with E-state index >= 15 is 0 Å². The lowest BCUT2D eigenvalue weighted by Crippen LogP contribution is -2.42. The smallest absolute Gasteiger partial charge is 0.410 e. The van der Waals surface area contributed by atoms with Crippen molar-refractivity contribution in [3.8, 4) is 0 Å². The summed E-state index contributed by atoms with van der Waals surface area (Å²) in [6.07, 6.45) is 0.647. The molecule has 0 spiro atoms.